The van der Waals surface area contributed by atoms with Crippen molar-refractivity contribution in [2.75, 3.05) is 12.4 Å². The fraction of sp³-hybridized carbons (Fsp3) is 0.188. The number of rotatable bonds is 4. The molecule has 3 aromatic rings. The van der Waals surface area contributed by atoms with Crippen molar-refractivity contribution in [1.29, 1.82) is 0 Å². The van der Waals surface area contributed by atoms with E-state index in [1.165, 1.54) is 0 Å². The fourth-order valence-corrected chi connectivity index (χ4v) is 2.17. The molecule has 1 N–H and O–H groups in total. The van der Waals surface area contributed by atoms with Gasteiger partial charge in [0.2, 0.25) is 0 Å². The van der Waals surface area contributed by atoms with E-state index in [2.05, 4.69) is 20.3 Å². The van der Waals surface area contributed by atoms with Crippen LogP contribution in [-0.4, -0.2) is 22.0 Å². The number of nitrogens with one attached hydrogen (secondary N) is 1. The lowest BCUT2D eigenvalue weighted by atomic mass is 10.2. The maximum atomic E-state index is 5.87. The third-order valence-corrected chi connectivity index (χ3v) is 3.12. The molecule has 2 aromatic heterocycles. The molecule has 0 saturated heterocycles. The molecule has 1 aromatic carbocycles. The fourth-order valence-electron chi connectivity index (χ4n) is 2.17. The molecule has 21 heavy (non-hydrogen) atoms. The van der Waals surface area contributed by atoms with E-state index in [4.69, 9.17) is 4.74 Å². The summed E-state index contributed by atoms with van der Waals surface area (Å²) in [5.41, 5.74) is 1.82. The first-order valence-corrected chi connectivity index (χ1v) is 6.75. The lowest BCUT2D eigenvalue weighted by Crippen LogP contribution is -2.05. The predicted octanol–water partition coefficient (Wildman–Crippen LogP) is 2.95. The molecule has 0 amide bonds. The van der Waals surface area contributed by atoms with Gasteiger partial charge in [-0.05, 0) is 31.2 Å². The van der Waals surface area contributed by atoms with Crippen molar-refractivity contribution >= 4 is 16.7 Å². The third-order valence-electron chi connectivity index (χ3n) is 3.12. The van der Waals surface area contributed by atoms with Crippen LogP contribution in [0.4, 0.5) is 5.82 Å². The van der Waals surface area contributed by atoms with Crippen LogP contribution >= 0.6 is 0 Å². The number of hydrogen-bond donors (Lipinski definition) is 1. The molecule has 0 aliphatic carbocycles. The van der Waals surface area contributed by atoms with E-state index in [9.17, 15) is 0 Å². The van der Waals surface area contributed by atoms with E-state index in [-0.39, 0.29) is 0 Å². The number of aryl methyl sites for hydroxylation is 1. The van der Waals surface area contributed by atoms with Crippen molar-refractivity contribution in [3.63, 3.8) is 0 Å². The Kier molecular flexibility index (Phi) is 3.64. The number of aromatic nitrogens is 3. The van der Waals surface area contributed by atoms with E-state index in [0.717, 1.165) is 28.2 Å². The summed E-state index contributed by atoms with van der Waals surface area (Å²) < 4.78 is 5.87. The summed E-state index contributed by atoms with van der Waals surface area (Å²) in [6.07, 6.45) is 1.77. The normalized spacial score (nSPS) is 10.6. The second-order valence-electron chi connectivity index (χ2n) is 4.68. The van der Waals surface area contributed by atoms with Crippen LogP contribution in [0.1, 0.15) is 11.5 Å². The minimum atomic E-state index is 0.324. The van der Waals surface area contributed by atoms with E-state index in [0.29, 0.717) is 12.4 Å². The average Bonchev–Trinajstić information content (AvgIpc) is 2.52. The van der Waals surface area contributed by atoms with Gasteiger partial charge >= 0.3 is 0 Å². The highest BCUT2D eigenvalue weighted by molar-refractivity contribution is 5.84. The summed E-state index contributed by atoms with van der Waals surface area (Å²) in [5, 5.41) is 4.01. The SMILES string of the molecule is CNc1cc(C)nc(COc2cccc3ncccc23)n1. The first-order chi connectivity index (χ1) is 10.3. The van der Waals surface area contributed by atoms with Gasteiger partial charge in [0.1, 0.15) is 18.2 Å². The molecule has 0 radical (unpaired) electrons. The van der Waals surface area contributed by atoms with Crippen molar-refractivity contribution in [2.24, 2.45) is 0 Å². The Balaban J connectivity index is 1.85. The molecule has 0 spiro atoms. The molecular formula is C16H16N4O. The highest BCUT2D eigenvalue weighted by Gasteiger charge is 2.05. The van der Waals surface area contributed by atoms with Crippen molar-refractivity contribution in [2.45, 2.75) is 13.5 Å². The monoisotopic (exact) mass is 280 g/mol. The number of hydrogen-bond acceptors (Lipinski definition) is 5. The Morgan fingerprint density at radius 1 is 1.14 bits per heavy atom. The largest absolute Gasteiger partial charge is 0.485 e. The molecule has 0 fully saturated rings. The second-order valence-corrected chi connectivity index (χ2v) is 4.68. The number of nitrogens with zero attached hydrogens (tertiary/aromatic N) is 3. The number of ether oxygens (including phenoxy) is 1. The van der Waals surface area contributed by atoms with Gasteiger partial charge in [-0.3, -0.25) is 4.98 Å². The van der Waals surface area contributed by atoms with Crippen LogP contribution in [0.5, 0.6) is 5.75 Å². The third kappa shape index (κ3) is 2.91. The molecule has 5 nitrogen and oxygen atoms in total. The van der Waals surface area contributed by atoms with Crippen molar-refractivity contribution in [3.8, 4) is 5.75 Å². The van der Waals surface area contributed by atoms with Crippen LogP contribution in [0.2, 0.25) is 0 Å². The Bertz CT molecular complexity index is 768. The summed E-state index contributed by atoms with van der Waals surface area (Å²) in [4.78, 5) is 13.1. The smallest absolute Gasteiger partial charge is 0.168 e. The molecule has 0 atom stereocenters. The van der Waals surface area contributed by atoms with Gasteiger partial charge in [-0.15, -0.1) is 0 Å². The van der Waals surface area contributed by atoms with E-state index in [1.54, 1.807) is 6.20 Å². The minimum absolute atomic E-state index is 0.324. The van der Waals surface area contributed by atoms with E-state index < -0.39 is 0 Å². The first kappa shape index (κ1) is 13.3. The Hall–Kier alpha value is -2.69. The van der Waals surface area contributed by atoms with E-state index >= 15 is 0 Å². The lowest BCUT2D eigenvalue weighted by Gasteiger charge is -2.09. The van der Waals surface area contributed by atoms with Crippen LogP contribution in [0, 0.1) is 6.92 Å². The summed E-state index contributed by atoms with van der Waals surface area (Å²) in [7, 11) is 1.84. The van der Waals surface area contributed by atoms with Crippen LogP contribution in [0.15, 0.2) is 42.6 Å². The van der Waals surface area contributed by atoms with Crippen LogP contribution in [0.3, 0.4) is 0 Å². The number of fused-ring (bicyclic) bond motifs is 1. The molecule has 0 unspecified atom stereocenters. The Morgan fingerprint density at radius 3 is 2.90 bits per heavy atom. The highest BCUT2D eigenvalue weighted by Crippen LogP contribution is 2.24. The molecule has 5 heteroatoms. The van der Waals surface area contributed by atoms with Gasteiger partial charge in [-0.1, -0.05) is 6.07 Å². The maximum Gasteiger partial charge on any atom is 0.168 e. The zero-order chi connectivity index (χ0) is 14.7. The zero-order valence-electron chi connectivity index (χ0n) is 12.0. The van der Waals surface area contributed by atoms with Crippen molar-refractivity contribution in [3.05, 3.63) is 54.1 Å². The summed E-state index contributed by atoms with van der Waals surface area (Å²) in [6.45, 7) is 2.26. The quantitative estimate of drug-likeness (QED) is 0.796. The van der Waals surface area contributed by atoms with Gasteiger partial charge < -0.3 is 10.1 Å². The standard InChI is InChI=1S/C16H16N4O/c1-11-9-15(17-2)20-16(19-11)10-21-14-7-3-6-13-12(14)5-4-8-18-13/h3-9H,10H2,1-2H3,(H,17,19,20). The van der Waals surface area contributed by atoms with Gasteiger partial charge in [-0.2, -0.15) is 0 Å². The topological polar surface area (TPSA) is 59.9 Å². The van der Waals surface area contributed by atoms with Crippen LogP contribution < -0.4 is 10.1 Å². The molecule has 0 saturated carbocycles. The van der Waals surface area contributed by atoms with Gasteiger partial charge in [-0.25, -0.2) is 9.97 Å². The Labute approximate surface area is 123 Å². The molecular weight excluding hydrogens is 264 g/mol. The summed E-state index contributed by atoms with van der Waals surface area (Å²) in [5.74, 6) is 2.23. The molecule has 0 bridgehead atoms. The molecule has 3 rings (SSSR count). The molecule has 2 heterocycles. The first-order valence-electron chi connectivity index (χ1n) is 6.75. The van der Waals surface area contributed by atoms with Gasteiger partial charge in [0, 0.05) is 30.4 Å². The van der Waals surface area contributed by atoms with Crippen molar-refractivity contribution < 1.29 is 4.74 Å². The molecule has 106 valence electrons. The number of pyridine rings is 1. The van der Waals surface area contributed by atoms with Crippen molar-refractivity contribution in [1.82, 2.24) is 15.0 Å². The van der Waals surface area contributed by atoms with Gasteiger partial charge in [0.15, 0.2) is 5.82 Å². The summed E-state index contributed by atoms with van der Waals surface area (Å²) >= 11 is 0. The Morgan fingerprint density at radius 2 is 2.05 bits per heavy atom. The average molecular weight is 280 g/mol. The van der Waals surface area contributed by atoms with Gasteiger partial charge in [0.05, 0.1) is 5.52 Å². The molecule has 0 aliphatic heterocycles. The summed E-state index contributed by atoms with van der Waals surface area (Å²) in [6, 6.07) is 11.6. The zero-order valence-corrected chi connectivity index (χ0v) is 12.0. The second kappa shape index (κ2) is 5.75. The lowest BCUT2D eigenvalue weighted by molar-refractivity contribution is 0.299. The van der Waals surface area contributed by atoms with Gasteiger partial charge in [0.25, 0.3) is 0 Å². The van der Waals surface area contributed by atoms with Crippen LogP contribution in [0.25, 0.3) is 10.9 Å². The van der Waals surface area contributed by atoms with Crippen LogP contribution in [-0.2, 0) is 6.61 Å². The number of benzene rings is 1. The van der Waals surface area contributed by atoms with E-state index in [1.807, 2.05) is 50.4 Å². The minimum Gasteiger partial charge on any atom is -0.485 e. The highest BCUT2D eigenvalue weighted by atomic mass is 16.5. The molecule has 0 aliphatic rings. The predicted molar refractivity (Wildman–Crippen MR) is 82.4 cm³/mol. The number of anilines is 1. The maximum absolute atomic E-state index is 5.87.